The van der Waals surface area contributed by atoms with E-state index in [1.807, 2.05) is 12.3 Å². The summed E-state index contributed by atoms with van der Waals surface area (Å²) in [5.74, 6) is 0. The Bertz CT molecular complexity index is 185. The third-order valence-corrected chi connectivity index (χ3v) is 2.29. The van der Waals surface area contributed by atoms with E-state index in [0.717, 1.165) is 9.03 Å². The van der Waals surface area contributed by atoms with E-state index in [1.54, 1.807) is 0 Å². The van der Waals surface area contributed by atoms with Crippen molar-refractivity contribution in [1.29, 1.82) is 0 Å². The molecule has 0 amide bonds. The minimum atomic E-state index is 0.899. The first-order valence-electron chi connectivity index (χ1n) is 2.49. The molecule has 0 saturated heterocycles. The molecule has 0 unspecified atom stereocenters. The summed E-state index contributed by atoms with van der Waals surface area (Å²) in [5.41, 5.74) is 1.26. The second-order valence-corrected chi connectivity index (χ2v) is 3.20. The first-order valence-corrected chi connectivity index (χ1v) is 4.81. The van der Waals surface area contributed by atoms with Crippen molar-refractivity contribution < 1.29 is 0 Å². The molecule has 1 nitrogen and oxygen atoms in total. The van der Waals surface area contributed by atoms with Crippen molar-refractivity contribution in [3.63, 3.8) is 0 Å². The van der Waals surface area contributed by atoms with Gasteiger partial charge in [-0.1, -0.05) is 28.7 Å². The molecule has 1 aromatic heterocycles. The SMILES string of the molecule is Brc1ccc(CI)cn1. The lowest BCUT2D eigenvalue weighted by molar-refractivity contribution is 1.23. The molecule has 9 heavy (non-hydrogen) atoms. The number of nitrogens with zero attached hydrogens (tertiary/aromatic N) is 1. The highest BCUT2D eigenvalue weighted by Gasteiger charge is 1.88. The van der Waals surface area contributed by atoms with Crippen LogP contribution in [-0.4, -0.2) is 4.98 Å². The summed E-state index contributed by atoms with van der Waals surface area (Å²) >= 11 is 5.57. The molecule has 0 aromatic carbocycles. The maximum atomic E-state index is 4.06. The van der Waals surface area contributed by atoms with Gasteiger partial charge in [0.15, 0.2) is 0 Å². The highest BCUT2D eigenvalue weighted by Crippen LogP contribution is 2.08. The Labute approximate surface area is 76.1 Å². The second-order valence-electron chi connectivity index (χ2n) is 1.62. The summed E-state index contributed by atoms with van der Waals surface area (Å²) in [7, 11) is 0. The number of hydrogen-bond donors (Lipinski definition) is 0. The van der Waals surface area contributed by atoms with E-state index in [1.165, 1.54) is 5.56 Å². The van der Waals surface area contributed by atoms with E-state index in [4.69, 9.17) is 0 Å². The molecule has 0 saturated carbocycles. The van der Waals surface area contributed by atoms with Gasteiger partial charge >= 0.3 is 0 Å². The fourth-order valence-electron chi connectivity index (χ4n) is 0.485. The van der Waals surface area contributed by atoms with Gasteiger partial charge in [-0.25, -0.2) is 4.98 Å². The van der Waals surface area contributed by atoms with E-state index in [9.17, 15) is 0 Å². The molecule has 0 fully saturated rings. The molecule has 1 rings (SSSR count). The molecule has 0 aliphatic rings. The van der Waals surface area contributed by atoms with Crippen LogP contribution in [0.5, 0.6) is 0 Å². The van der Waals surface area contributed by atoms with E-state index in [-0.39, 0.29) is 0 Å². The van der Waals surface area contributed by atoms with Crippen molar-refractivity contribution in [1.82, 2.24) is 4.98 Å². The molecule has 0 aliphatic carbocycles. The van der Waals surface area contributed by atoms with Gasteiger partial charge in [-0.05, 0) is 27.6 Å². The van der Waals surface area contributed by atoms with Gasteiger partial charge in [-0.2, -0.15) is 0 Å². The van der Waals surface area contributed by atoms with Crippen molar-refractivity contribution in [3.8, 4) is 0 Å². The predicted octanol–water partition coefficient (Wildman–Crippen LogP) is 2.78. The van der Waals surface area contributed by atoms with Crippen molar-refractivity contribution >= 4 is 38.5 Å². The maximum Gasteiger partial charge on any atom is 0.106 e. The molecule has 0 spiro atoms. The fourth-order valence-corrected chi connectivity index (χ4v) is 1.17. The summed E-state index contributed by atoms with van der Waals surface area (Å²) in [6, 6.07) is 4.01. The van der Waals surface area contributed by atoms with Crippen LogP contribution < -0.4 is 0 Å². The van der Waals surface area contributed by atoms with Crippen LogP contribution in [0, 0.1) is 0 Å². The molecule has 0 N–H and O–H groups in total. The Morgan fingerprint density at radius 1 is 1.56 bits per heavy atom. The summed E-state index contributed by atoms with van der Waals surface area (Å²) in [4.78, 5) is 4.06. The van der Waals surface area contributed by atoms with Crippen LogP contribution in [0.25, 0.3) is 0 Å². The number of alkyl halides is 1. The zero-order valence-corrected chi connectivity index (χ0v) is 8.39. The Balaban J connectivity index is 2.88. The topological polar surface area (TPSA) is 12.9 Å². The van der Waals surface area contributed by atoms with E-state index in [2.05, 4.69) is 49.6 Å². The van der Waals surface area contributed by atoms with Crippen LogP contribution in [-0.2, 0) is 4.43 Å². The van der Waals surface area contributed by atoms with Crippen LogP contribution in [0.15, 0.2) is 22.9 Å². The maximum absolute atomic E-state index is 4.06. The van der Waals surface area contributed by atoms with Crippen LogP contribution in [0.1, 0.15) is 5.56 Å². The van der Waals surface area contributed by atoms with Crippen LogP contribution in [0.4, 0.5) is 0 Å². The normalized spacial score (nSPS) is 9.56. The Kier molecular flexibility index (Phi) is 2.91. The molecule has 0 aliphatic heterocycles. The van der Waals surface area contributed by atoms with Gasteiger partial charge in [0.1, 0.15) is 4.60 Å². The lowest BCUT2D eigenvalue weighted by Crippen LogP contribution is -1.78. The summed E-state index contributed by atoms with van der Waals surface area (Å²) in [6.45, 7) is 0. The van der Waals surface area contributed by atoms with Gasteiger partial charge < -0.3 is 0 Å². The molecule has 1 heterocycles. The predicted molar refractivity (Wildman–Crippen MR) is 49.7 cm³/mol. The van der Waals surface area contributed by atoms with E-state index in [0.29, 0.717) is 0 Å². The minimum Gasteiger partial charge on any atom is -0.249 e. The Morgan fingerprint density at radius 3 is 2.78 bits per heavy atom. The first-order chi connectivity index (χ1) is 4.33. The van der Waals surface area contributed by atoms with Crippen molar-refractivity contribution in [3.05, 3.63) is 28.5 Å². The zero-order chi connectivity index (χ0) is 6.69. The van der Waals surface area contributed by atoms with E-state index >= 15 is 0 Å². The molecular weight excluding hydrogens is 293 g/mol. The summed E-state index contributed by atoms with van der Waals surface area (Å²) < 4.78 is 1.93. The van der Waals surface area contributed by atoms with Crippen molar-refractivity contribution in [2.45, 2.75) is 4.43 Å². The first kappa shape index (κ1) is 7.47. The Morgan fingerprint density at radius 2 is 2.33 bits per heavy atom. The summed E-state index contributed by atoms with van der Waals surface area (Å²) in [5, 5.41) is 0. The Hall–Kier alpha value is 0.360. The zero-order valence-electron chi connectivity index (χ0n) is 4.64. The lowest BCUT2D eigenvalue weighted by Gasteiger charge is -1.91. The third kappa shape index (κ3) is 2.21. The molecule has 0 atom stereocenters. The number of rotatable bonds is 1. The average molecular weight is 298 g/mol. The molecule has 1 aromatic rings. The van der Waals surface area contributed by atoms with E-state index < -0.39 is 0 Å². The second kappa shape index (κ2) is 3.51. The molecule has 0 radical (unpaired) electrons. The number of halogens is 2. The molecule has 0 bridgehead atoms. The number of pyridine rings is 1. The number of aromatic nitrogens is 1. The standard InChI is InChI=1S/C6H5BrIN/c7-6-2-1-5(3-8)4-9-6/h1-2,4H,3H2. The summed E-state index contributed by atoms with van der Waals surface area (Å²) in [6.07, 6.45) is 1.87. The van der Waals surface area contributed by atoms with Crippen molar-refractivity contribution in [2.24, 2.45) is 0 Å². The van der Waals surface area contributed by atoms with Crippen LogP contribution in [0.2, 0.25) is 0 Å². The van der Waals surface area contributed by atoms with Gasteiger partial charge in [0.2, 0.25) is 0 Å². The average Bonchev–Trinajstić information content (AvgIpc) is 1.90. The van der Waals surface area contributed by atoms with Crippen molar-refractivity contribution in [2.75, 3.05) is 0 Å². The van der Waals surface area contributed by atoms with Gasteiger partial charge in [-0.15, -0.1) is 0 Å². The fraction of sp³-hybridized carbons (Fsp3) is 0.167. The van der Waals surface area contributed by atoms with Gasteiger partial charge in [0, 0.05) is 10.6 Å². The van der Waals surface area contributed by atoms with Gasteiger partial charge in [-0.3, -0.25) is 0 Å². The smallest absolute Gasteiger partial charge is 0.106 e. The molecule has 3 heteroatoms. The lowest BCUT2D eigenvalue weighted by atomic mass is 10.3. The van der Waals surface area contributed by atoms with Gasteiger partial charge in [0.05, 0.1) is 0 Å². The minimum absolute atomic E-state index is 0.899. The highest BCUT2D eigenvalue weighted by molar-refractivity contribution is 14.1. The largest absolute Gasteiger partial charge is 0.249 e. The molecular formula is C6H5BrIN. The van der Waals surface area contributed by atoms with Gasteiger partial charge in [0.25, 0.3) is 0 Å². The number of hydrogen-bond acceptors (Lipinski definition) is 1. The van der Waals surface area contributed by atoms with Crippen LogP contribution >= 0.6 is 38.5 Å². The molecule has 48 valence electrons. The highest BCUT2D eigenvalue weighted by atomic mass is 127. The van der Waals surface area contributed by atoms with Crippen LogP contribution in [0.3, 0.4) is 0 Å². The quantitative estimate of drug-likeness (QED) is 0.441. The monoisotopic (exact) mass is 297 g/mol. The third-order valence-electron chi connectivity index (χ3n) is 0.943.